The number of nitrogens with one attached hydrogen (secondary N) is 2. The smallest absolute Gasteiger partial charge is 0.347 e. The molecule has 14 heteroatoms. The second-order valence-corrected chi connectivity index (χ2v) is 10.5. The molecule has 0 saturated carbocycles. The molecule has 0 aliphatic carbocycles. The predicted octanol–water partition coefficient (Wildman–Crippen LogP) is 5.48. The number of alkyl halides is 5. The Morgan fingerprint density at radius 2 is 1.71 bits per heavy atom. The Bertz CT molecular complexity index is 1730. The van der Waals surface area contributed by atoms with Gasteiger partial charge in [0.15, 0.2) is 0 Å². The molecular formula is C31H25ClF5N5O3. The van der Waals surface area contributed by atoms with E-state index in [0.717, 1.165) is 24.3 Å². The third kappa shape index (κ3) is 6.39. The Morgan fingerprint density at radius 3 is 2.33 bits per heavy atom. The van der Waals surface area contributed by atoms with Crippen LogP contribution in [0.25, 0.3) is 5.69 Å². The van der Waals surface area contributed by atoms with Crippen molar-refractivity contribution in [2.45, 2.75) is 37.2 Å². The molecule has 1 aromatic heterocycles. The fourth-order valence-corrected chi connectivity index (χ4v) is 5.37. The number of amides is 3. The molecule has 2 N–H and O–H groups in total. The first-order valence-electron chi connectivity index (χ1n) is 13.7. The summed E-state index contributed by atoms with van der Waals surface area (Å²) in [5.41, 5.74) is -2.33. The summed E-state index contributed by atoms with van der Waals surface area (Å²) in [4.78, 5) is 41.1. The summed E-state index contributed by atoms with van der Waals surface area (Å²) in [7, 11) is 0. The maximum Gasteiger partial charge on any atom is 0.416 e. The molecule has 5 rings (SSSR count). The molecule has 0 spiro atoms. The highest BCUT2D eigenvalue weighted by Crippen LogP contribution is 2.44. The second kappa shape index (κ2) is 12.7. The molecule has 1 aliphatic heterocycles. The van der Waals surface area contributed by atoms with Crippen molar-refractivity contribution >= 4 is 35.1 Å². The second-order valence-electron chi connectivity index (χ2n) is 10.1. The molecule has 3 aromatic carbocycles. The predicted molar refractivity (Wildman–Crippen MR) is 155 cm³/mol. The average Bonchev–Trinajstić information content (AvgIpc) is 3.39. The lowest BCUT2D eigenvalue weighted by Gasteiger charge is -2.38. The molecule has 2 heterocycles. The van der Waals surface area contributed by atoms with E-state index in [9.17, 15) is 36.3 Å². The fraction of sp³-hybridized carbons (Fsp3) is 0.226. The first-order valence-corrected chi connectivity index (χ1v) is 14.1. The first kappa shape index (κ1) is 31.6. The van der Waals surface area contributed by atoms with E-state index in [-0.39, 0.29) is 30.2 Å². The van der Waals surface area contributed by atoms with Gasteiger partial charge in [0.1, 0.15) is 17.7 Å². The van der Waals surface area contributed by atoms with Crippen LogP contribution in [0, 0.1) is 5.82 Å². The van der Waals surface area contributed by atoms with E-state index in [1.165, 1.54) is 27.8 Å². The summed E-state index contributed by atoms with van der Waals surface area (Å²) in [6.07, 6.45) is -4.71. The fourth-order valence-electron chi connectivity index (χ4n) is 5.29. The lowest BCUT2D eigenvalue weighted by molar-refractivity contribution is -0.137. The molecule has 234 valence electrons. The van der Waals surface area contributed by atoms with Crippen LogP contribution < -0.4 is 15.5 Å². The van der Waals surface area contributed by atoms with Crippen LogP contribution in [0.5, 0.6) is 0 Å². The molecular weight excluding hydrogens is 621 g/mol. The average molecular weight is 646 g/mol. The minimum Gasteiger partial charge on any atom is -0.347 e. The van der Waals surface area contributed by atoms with Crippen LogP contribution in [0.3, 0.4) is 0 Å². The van der Waals surface area contributed by atoms with Crippen molar-refractivity contribution in [1.82, 2.24) is 20.4 Å². The minimum absolute atomic E-state index is 0.0798. The van der Waals surface area contributed by atoms with E-state index in [0.29, 0.717) is 22.9 Å². The van der Waals surface area contributed by atoms with Gasteiger partial charge in [0, 0.05) is 23.6 Å². The molecule has 45 heavy (non-hydrogen) atoms. The van der Waals surface area contributed by atoms with Crippen LogP contribution in [0.4, 0.5) is 27.8 Å². The number of carbonyl (C=O) groups excluding carboxylic acids is 3. The Labute approximate surface area is 258 Å². The highest BCUT2D eigenvalue weighted by Gasteiger charge is 2.46. The van der Waals surface area contributed by atoms with Gasteiger partial charge < -0.3 is 10.6 Å². The molecule has 0 bridgehead atoms. The van der Waals surface area contributed by atoms with Crippen molar-refractivity contribution in [3.05, 3.63) is 113 Å². The summed E-state index contributed by atoms with van der Waals surface area (Å²) >= 11 is 5.31. The zero-order chi connectivity index (χ0) is 32.5. The van der Waals surface area contributed by atoms with Gasteiger partial charge in [0.25, 0.3) is 23.4 Å². The van der Waals surface area contributed by atoms with Crippen molar-refractivity contribution in [3.63, 3.8) is 0 Å². The van der Waals surface area contributed by atoms with Gasteiger partial charge in [0.05, 0.1) is 23.5 Å². The van der Waals surface area contributed by atoms with Gasteiger partial charge in [0.2, 0.25) is 0 Å². The number of nitrogens with zero attached hydrogens (tertiary/aromatic N) is 3. The van der Waals surface area contributed by atoms with Crippen molar-refractivity contribution in [1.29, 1.82) is 0 Å². The topological polar surface area (TPSA) is 96.3 Å². The number of likely N-dealkylation sites (N-methyl/N-ethyl adjacent to an activating group) is 1. The van der Waals surface area contributed by atoms with Crippen molar-refractivity contribution < 1.29 is 36.3 Å². The van der Waals surface area contributed by atoms with E-state index in [2.05, 4.69) is 15.7 Å². The third-order valence-electron chi connectivity index (χ3n) is 7.32. The Morgan fingerprint density at radius 1 is 1.02 bits per heavy atom. The zero-order valence-corrected chi connectivity index (χ0v) is 24.2. The summed E-state index contributed by atoms with van der Waals surface area (Å²) in [5, 5.41) is 9.62. The summed E-state index contributed by atoms with van der Waals surface area (Å²) < 4.78 is 69.3. The van der Waals surface area contributed by atoms with Crippen LogP contribution in [0.1, 0.15) is 45.6 Å². The van der Waals surface area contributed by atoms with E-state index in [1.54, 1.807) is 37.3 Å². The van der Waals surface area contributed by atoms with E-state index >= 15 is 0 Å². The van der Waals surface area contributed by atoms with Crippen LogP contribution in [-0.2, 0) is 22.3 Å². The number of halogens is 6. The van der Waals surface area contributed by atoms with E-state index in [4.69, 9.17) is 11.6 Å². The molecule has 3 amide bonds. The van der Waals surface area contributed by atoms with Crippen molar-refractivity contribution in [3.8, 4) is 5.69 Å². The van der Waals surface area contributed by atoms with Gasteiger partial charge in [-0.15, -0.1) is 0 Å². The van der Waals surface area contributed by atoms with Crippen LogP contribution >= 0.6 is 11.6 Å². The van der Waals surface area contributed by atoms with Crippen molar-refractivity contribution in [2.24, 2.45) is 0 Å². The lowest BCUT2D eigenvalue weighted by Crippen LogP contribution is -2.55. The lowest BCUT2D eigenvalue weighted by atomic mass is 9.80. The van der Waals surface area contributed by atoms with Gasteiger partial charge >= 0.3 is 6.18 Å². The van der Waals surface area contributed by atoms with Crippen LogP contribution in [-0.4, -0.2) is 45.7 Å². The van der Waals surface area contributed by atoms with Crippen LogP contribution in [0.15, 0.2) is 78.9 Å². The number of para-hydroxylation sites is 1. The summed E-state index contributed by atoms with van der Waals surface area (Å²) in [5.74, 6) is -4.07. The number of carbonyl (C=O) groups is 3. The highest BCUT2D eigenvalue weighted by molar-refractivity contribution is 6.29. The maximum atomic E-state index is 14.2. The molecule has 0 radical (unpaired) electrons. The molecule has 8 nitrogen and oxygen atoms in total. The maximum absolute atomic E-state index is 14.2. The Balaban J connectivity index is 1.69. The normalized spacial score (nSPS) is 17.0. The standard InChI is InChI=1S/C31H25ClF5N5O3/c1-2-41-29-24(22(16-38-28(44)26(32)34)40-42(29)21-9-4-3-5-10-21)23(17-11-13-20(33)14-12-17)25(30(41)45)39-27(43)18-7-6-8-19(15-18)31(35,36)37/h3-15,23,25-26H,2,16H2,1H3,(H,38,44)(H,39,43). The minimum atomic E-state index is -4.71. The molecule has 1 aliphatic rings. The molecule has 0 fully saturated rings. The zero-order valence-electron chi connectivity index (χ0n) is 23.5. The third-order valence-corrected chi connectivity index (χ3v) is 7.52. The summed E-state index contributed by atoms with van der Waals surface area (Å²) in [6.45, 7) is 1.42. The number of benzene rings is 3. The number of aromatic nitrogens is 2. The van der Waals surface area contributed by atoms with Gasteiger partial charge in [-0.1, -0.05) is 48.0 Å². The quantitative estimate of drug-likeness (QED) is 0.196. The largest absolute Gasteiger partial charge is 0.416 e. The van der Waals surface area contributed by atoms with Gasteiger partial charge in [-0.05, 0) is 55.0 Å². The molecule has 3 unspecified atom stereocenters. The molecule has 3 atom stereocenters. The molecule has 0 saturated heterocycles. The monoisotopic (exact) mass is 645 g/mol. The van der Waals surface area contributed by atoms with E-state index in [1.807, 2.05) is 0 Å². The highest BCUT2D eigenvalue weighted by atomic mass is 35.5. The van der Waals surface area contributed by atoms with Crippen LogP contribution in [0.2, 0.25) is 0 Å². The number of hydrogen-bond acceptors (Lipinski definition) is 4. The Hall–Kier alpha value is -4.78. The van der Waals surface area contributed by atoms with Gasteiger partial charge in [-0.3, -0.25) is 19.3 Å². The summed E-state index contributed by atoms with van der Waals surface area (Å²) in [6, 6.07) is 16.1. The first-order chi connectivity index (χ1) is 21.4. The van der Waals surface area contributed by atoms with Gasteiger partial charge in [-0.2, -0.15) is 18.3 Å². The van der Waals surface area contributed by atoms with Crippen molar-refractivity contribution in [2.75, 3.05) is 11.4 Å². The van der Waals surface area contributed by atoms with Gasteiger partial charge in [-0.25, -0.2) is 13.5 Å². The number of fused-ring (bicyclic) bond motifs is 1. The SMILES string of the molecule is CCN1C(=O)C(NC(=O)c2cccc(C(F)(F)F)c2)C(c2ccc(F)cc2)c2c(CNC(=O)C(F)Cl)nn(-c3ccccc3)c21. The molecule has 4 aromatic rings. The number of anilines is 1. The Kier molecular flexibility index (Phi) is 8.91. The number of hydrogen-bond donors (Lipinski definition) is 2. The van der Waals surface area contributed by atoms with E-state index < -0.39 is 52.9 Å². The number of rotatable bonds is 8.